The standard InChI is InChI=1S/C18H22N4O2/c1-21(12-17-19-7-3-8-20-17)16-6-9-22(11-16)18(24)15-5-2-4-14(10-15)13-23/h2-5,7-8,10,16,23H,6,9,11-13H2,1H3. The van der Waals surface area contributed by atoms with Crippen molar-refractivity contribution in [2.24, 2.45) is 0 Å². The van der Waals surface area contributed by atoms with Crippen LogP contribution in [0.3, 0.4) is 0 Å². The normalized spacial score (nSPS) is 17.5. The molecule has 1 aliphatic rings. The third-order valence-electron chi connectivity index (χ3n) is 4.44. The summed E-state index contributed by atoms with van der Waals surface area (Å²) < 4.78 is 0. The highest BCUT2D eigenvalue weighted by Gasteiger charge is 2.29. The molecule has 1 amide bonds. The Morgan fingerprint density at radius 2 is 2.12 bits per heavy atom. The molecule has 126 valence electrons. The van der Waals surface area contributed by atoms with E-state index in [1.54, 1.807) is 30.6 Å². The number of nitrogens with zero attached hydrogens (tertiary/aromatic N) is 4. The van der Waals surface area contributed by atoms with Crippen LogP contribution in [0.5, 0.6) is 0 Å². The van der Waals surface area contributed by atoms with Crippen LogP contribution in [-0.4, -0.2) is 57.0 Å². The summed E-state index contributed by atoms with van der Waals surface area (Å²) >= 11 is 0. The van der Waals surface area contributed by atoms with Crippen molar-refractivity contribution < 1.29 is 9.90 Å². The van der Waals surface area contributed by atoms with Crippen LogP contribution in [0.25, 0.3) is 0 Å². The van der Waals surface area contributed by atoms with Gasteiger partial charge in [0.25, 0.3) is 5.91 Å². The first-order chi connectivity index (χ1) is 11.7. The van der Waals surface area contributed by atoms with Crippen LogP contribution in [0.1, 0.15) is 28.2 Å². The fourth-order valence-electron chi connectivity index (χ4n) is 3.04. The largest absolute Gasteiger partial charge is 0.392 e. The molecule has 6 nitrogen and oxygen atoms in total. The van der Waals surface area contributed by atoms with E-state index < -0.39 is 0 Å². The highest BCUT2D eigenvalue weighted by molar-refractivity contribution is 5.94. The zero-order chi connectivity index (χ0) is 16.9. The van der Waals surface area contributed by atoms with Crippen LogP contribution in [0.15, 0.2) is 42.7 Å². The number of aliphatic hydroxyl groups is 1. The lowest BCUT2D eigenvalue weighted by Crippen LogP contribution is -2.36. The van der Waals surface area contributed by atoms with Gasteiger partial charge in [-0.1, -0.05) is 12.1 Å². The Morgan fingerprint density at radius 3 is 2.88 bits per heavy atom. The summed E-state index contributed by atoms with van der Waals surface area (Å²) in [6.07, 6.45) is 4.43. The summed E-state index contributed by atoms with van der Waals surface area (Å²) in [5.41, 5.74) is 1.39. The highest BCUT2D eigenvalue weighted by atomic mass is 16.3. The second-order valence-corrected chi connectivity index (χ2v) is 6.13. The number of likely N-dealkylation sites (N-methyl/N-ethyl adjacent to an activating group) is 1. The third-order valence-corrected chi connectivity index (χ3v) is 4.44. The average Bonchev–Trinajstić information content (AvgIpc) is 3.12. The Labute approximate surface area is 141 Å². The zero-order valence-electron chi connectivity index (χ0n) is 13.8. The Hall–Kier alpha value is -2.31. The first kappa shape index (κ1) is 16.5. The monoisotopic (exact) mass is 326 g/mol. The van der Waals surface area contributed by atoms with Gasteiger partial charge in [-0.3, -0.25) is 9.69 Å². The molecular weight excluding hydrogens is 304 g/mol. The maximum Gasteiger partial charge on any atom is 0.253 e. The number of benzene rings is 1. The van der Waals surface area contributed by atoms with Crippen molar-refractivity contribution in [1.82, 2.24) is 19.8 Å². The van der Waals surface area contributed by atoms with E-state index in [1.165, 1.54) is 0 Å². The van der Waals surface area contributed by atoms with E-state index in [0.29, 0.717) is 24.7 Å². The van der Waals surface area contributed by atoms with Gasteiger partial charge in [0.2, 0.25) is 0 Å². The molecule has 1 N–H and O–H groups in total. The number of hydrogen-bond donors (Lipinski definition) is 1. The molecule has 0 radical (unpaired) electrons. The molecule has 0 spiro atoms. The van der Waals surface area contributed by atoms with Gasteiger partial charge in [-0.25, -0.2) is 9.97 Å². The number of hydrogen-bond acceptors (Lipinski definition) is 5. The number of aliphatic hydroxyl groups excluding tert-OH is 1. The second kappa shape index (κ2) is 7.51. The third kappa shape index (κ3) is 3.77. The fraction of sp³-hybridized carbons (Fsp3) is 0.389. The maximum absolute atomic E-state index is 12.6. The van der Waals surface area contributed by atoms with E-state index in [-0.39, 0.29) is 12.5 Å². The van der Waals surface area contributed by atoms with Gasteiger partial charge in [0, 0.05) is 37.1 Å². The van der Waals surface area contributed by atoms with Crippen LogP contribution < -0.4 is 0 Å². The topological polar surface area (TPSA) is 69.6 Å². The molecule has 1 unspecified atom stereocenters. The minimum Gasteiger partial charge on any atom is -0.392 e. The number of amides is 1. The molecule has 6 heteroatoms. The van der Waals surface area contributed by atoms with Crippen LogP contribution in [-0.2, 0) is 13.2 Å². The van der Waals surface area contributed by atoms with E-state index in [2.05, 4.69) is 14.9 Å². The van der Waals surface area contributed by atoms with Crippen LogP contribution in [0.4, 0.5) is 0 Å². The molecule has 1 aliphatic heterocycles. The van der Waals surface area contributed by atoms with Crippen molar-refractivity contribution in [3.63, 3.8) is 0 Å². The van der Waals surface area contributed by atoms with E-state index in [4.69, 9.17) is 0 Å². The van der Waals surface area contributed by atoms with Gasteiger partial charge in [-0.2, -0.15) is 0 Å². The van der Waals surface area contributed by atoms with Gasteiger partial charge in [-0.05, 0) is 37.2 Å². The van der Waals surface area contributed by atoms with Crippen molar-refractivity contribution in [3.05, 3.63) is 59.7 Å². The molecule has 1 aromatic heterocycles. The van der Waals surface area contributed by atoms with E-state index in [9.17, 15) is 9.90 Å². The molecule has 1 aromatic carbocycles. The Morgan fingerprint density at radius 1 is 1.33 bits per heavy atom. The molecule has 0 saturated carbocycles. The molecule has 1 atom stereocenters. The molecule has 24 heavy (non-hydrogen) atoms. The Balaban J connectivity index is 1.61. The molecule has 1 saturated heterocycles. The molecule has 2 aromatic rings. The summed E-state index contributed by atoms with van der Waals surface area (Å²) in [7, 11) is 2.04. The predicted octanol–water partition coefficient (Wildman–Crippen LogP) is 1.32. The first-order valence-corrected chi connectivity index (χ1v) is 8.12. The van der Waals surface area contributed by atoms with Crippen molar-refractivity contribution in [1.29, 1.82) is 0 Å². The number of aromatic nitrogens is 2. The Kier molecular flexibility index (Phi) is 5.17. The van der Waals surface area contributed by atoms with Gasteiger partial charge in [0.15, 0.2) is 0 Å². The van der Waals surface area contributed by atoms with E-state index >= 15 is 0 Å². The van der Waals surface area contributed by atoms with Crippen LogP contribution in [0, 0.1) is 0 Å². The SMILES string of the molecule is CN(Cc1ncccn1)C1CCN(C(=O)c2cccc(CO)c2)C1. The summed E-state index contributed by atoms with van der Waals surface area (Å²) in [5, 5.41) is 9.22. The minimum atomic E-state index is -0.0520. The molecular formula is C18H22N4O2. The first-order valence-electron chi connectivity index (χ1n) is 8.12. The summed E-state index contributed by atoms with van der Waals surface area (Å²) in [4.78, 5) is 25.2. The minimum absolute atomic E-state index is 0.0251. The molecule has 0 aliphatic carbocycles. The van der Waals surface area contributed by atoms with Gasteiger partial charge in [-0.15, -0.1) is 0 Å². The average molecular weight is 326 g/mol. The van der Waals surface area contributed by atoms with Crippen molar-refractivity contribution in [2.45, 2.75) is 25.6 Å². The molecule has 1 fully saturated rings. The maximum atomic E-state index is 12.6. The number of rotatable bonds is 5. The van der Waals surface area contributed by atoms with Crippen LogP contribution in [0.2, 0.25) is 0 Å². The Bertz CT molecular complexity index is 692. The quantitative estimate of drug-likeness (QED) is 0.897. The fourth-order valence-corrected chi connectivity index (χ4v) is 3.04. The highest BCUT2D eigenvalue weighted by Crippen LogP contribution is 2.19. The van der Waals surface area contributed by atoms with Crippen molar-refractivity contribution in [3.8, 4) is 0 Å². The van der Waals surface area contributed by atoms with Crippen molar-refractivity contribution >= 4 is 5.91 Å². The van der Waals surface area contributed by atoms with Gasteiger partial charge >= 0.3 is 0 Å². The second-order valence-electron chi connectivity index (χ2n) is 6.13. The van der Waals surface area contributed by atoms with Crippen LogP contribution >= 0.6 is 0 Å². The molecule has 3 rings (SSSR count). The van der Waals surface area contributed by atoms with Gasteiger partial charge < -0.3 is 10.0 Å². The van der Waals surface area contributed by atoms with Crippen molar-refractivity contribution in [2.75, 3.05) is 20.1 Å². The zero-order valence-corrected chi connectivity index (χ0v) is 13.8. The number of carbonyl (C=O) groups is 1. The summed E-state index contributed by atoms with van der Waals surface area (Å²) in [5.74, 6) is 0.817. The summed E-state index contributed by atoms with van der Waals surface area (Å²) in [6, 6.07) is 9.30. The molecule has 2 heterocycles. The van der Waals surface area contributed by atoms with E-state index in [1.807, 2.05) is 24.1 Å². The number of likely N-dealkylation sites (tertiary alicyclic amines) is 1. The molecule has 0 bridgehead atoms. The lowest BCUT2D eigenvalue weighted by atomic mass is 10.1. The lowest BCUT2D eigenvalue weighted by molar-refractivity contribution is 0.0779. The van der Waals surface area contributed by atoms with Gasteiger partial charge in [0.1, 0.15) is 5.82 Å². The van der Waals surface area contributed by atoms with Gasteiger partial charge in [0.05, 0.1) is 13.2 Å². The lowest BCUT2D eigenvalue weighted by Gasteiger charge is -2.24. The summed E-state index contributed by atoms with van der Waals surface area (Å²) in [6.45, 7) is 2.06. The predicted molar refractivity (Wildman–Crippen MR) is 90.2 cm³/mol. The number of carbonyl (C=O) groups excluding carboxylic acids is 1. The van der Waals surface area contributed by atoms with E-state index in [0.717, 1.165) is 24.4 Å². The smallest absolute Gasteiger partial charge is 0.253 e.